The molecule has 0 heterocycles. The maximum absolute atomic E-state index is 2.29. The molecule has 0 saturated carbocycles. The summed E-state index contributed by atoms with van der Waals surface area (Å²) in [4.78, 5) is 0. The van der Waals surface area contributed by atoms with Crippen molar-refractivity contribution < 1.29 is 0 Å². The SMILES string of the molecule is CCCCCCCCCCCCCC[CH2][SnH]. The van der Waals surface area contributed by atoms with Gasteiger partial charge in [-0.25, -0.2) is 0 Å². The first-order valence-electron chi connectivity index (χ1n) is 7.62. The van der Waals surface area contributed by atoms with E-state index in [2.05, 4.69) is 6.92 Å². The molecule has 0 aliphatic rings. The normalized spacial score (nSPS) is 10.9. The number of hydrogen-bond acceptors (Lipinski definition) is 0. The molecule has 0 fully saturated rings. The third kappa shape index (κ3) is 14.8. The zero-order valence-electron chi connectivity index (χ0n) is 11.5. The van der Waals surface area contributed by atoms with Crippen molar-refractivity contribution in [1.82, 2.24) is 0 Å². The molecular formula is C15H32Sn. The summed E-state index contributed by atoms with van der Waals surface area (Å²) in [6.07, 6.45) is 19.2. The molecule has 0 aromatic heterocycles. The van der Waals surface area contributed by atoms with Gasteiger partial charge in [0.15, 0.2) is 0 Å². The molecule has 16 heavy (non-hydrogen) atoms. The molecule has 1 heteroatoms. The third-order valence-electron chi connectivity index (χ3n) is 3.31. The Labute approximate surface area is 117 Å². The molecule has 0 saturated heterocycles. The predicted octanol–water partition coefficient (Wildman–Crippen LogP) is 5.40. The van der Waals surface area contributed by atoms with Crippen LogP contribution in [0, 0.1) is 0 Å². The molecular weight excluding hydrogens is 299 g/mol. The van der Waals surface area contributed by atoms with Gasteiger partial charge in [0.25, 0.3) is 0 Å². The first kappa shape index (κ1) is 16.8. The van der Waals surface area contributed by atoms with Crippen LogP contribution in [0.3, 0.4) is 0 Å². The van der Waals surface area contributed by atoms with Gasteiger partial charge in [-0.1, -0.05) is 19.8 Å². The minimum absolute atomic E-state index is 1.38. The van der Waals surface area contributed by atoms with Crippen LogP contribution in [-0.4, -0.2) is 22.5 Å². The standard InChI is InChI=1S/C15H31.Sn.H/c1-3-5-7-9-11-13-15-14-12-10-8-6-4-2;;/h1,3-15H2,2H3;;. The Hall–Kier alpha value is 0.799. The van der Waals surface area contributed by atoms with Crippen LogP contribution in [0.2, 0.25) is 4.44 Å². The van der Waals surface area contributed by atoms with E-state index in [9.17, 15) is 0 Å². The van der Waals surface area contributed by atoms with Gasteiger partial charge >= 0.3 is 97.6 Å². The van der Waals surface area contributed by atoms with Crippen LogP contribution in [-0.2, 0) is 0 Å². The maximum atomic E-state index is 2.29. The average Bonchev–Trinajstić information content (AvgIpc) is 2.31. The molecule has 0 aliphatic carbocycles. The quantitative estimate of drug-likeness (QED) is 0.313. The zero-order valence-corrected chi connectivity index (χ0v) is 14.8. The van der Waals surface area contributed by atoms with Crippen LogP contribution < -0.4 is 0 Å². The second-order valence-electron chi connectivity index (χ2n) is 5.03. The summed E-state index contributed by atoms with van der Waals surface area (Å²) in [7, 11) is 0. The number of hydrogen-bond donors (Lipinski definition) is 0. The molecule has 0 spiro atoms. The molecule has 0 atom stereocenters. The van der Waals surface area contributed by atoms with Crippen molar-refractivity contribution in [3.05, 3.63) is 0 Å². The Morgan fingerprint density at radius 3 is 1.12 bits per heavy atom. The molecule has 96 valence electrons. The van der Waals surface area contributed by atoms with Gasteiger partial charge in [-0.3, -0.25) is 0 Å². The number of unbranched alkanes of at least 4 members (excludes halogenated alkanes) is 12. The van der Waals surface area contributed by atoms with Gasteiger partial charge in [-0.05, 0) is 0 Å². The van der Waals surface area contributed by atoms with Crippen molar-refractivity contribution in [2.24, 2.45) is 0 Å². The van der Waals surface area contributed by atoms with E-state index in [1.165, 1.54) is 110 Å². The van der Waals surface area contributed by atoms with Crippen molar-refractivity contribution in [3.8, 4) is 0 Å². The Morgan fingerprint density at radius 2 is 0.812 bits per heavy atom. The molecule has 0 aromatic carbocycles. The Morgan fingerprint density at radius 1 is 0.500 bits per heavy atom. The third-order valence-corrected chi connectivity index (χ3v) is 4.47. The van der Waals surface area contributed by atoms with Crippen molar-refractivity contribution >= 4 is 22.5 Å². The van der Waals surface area contributed by atoms with Gasteiger partial charge in [0.1, 0.15) is 0 Å². The van der Waals surface area contributed by atoms with Gasteiger partial charge in [-0.2, -0.15) is 0 Å². The van der Waals surface area contributed by atoms with E-state index in [1.54, 1.807) is 0 Å². The van der Waals surface area contributed by atoms with Crippen LogP contribution >= 0.6 is 0 Å². The molecule has 0 rings (SSSR count). The summed E-state index contributed by atoms with van der Waals surface area (Å²) < 4.78 is 1.50. The van der Waals surface area contributed by atoms with Gasteiger partial charge < -0.3 is 0 Å². The van der Waals surface area contributed by atoms with E-state index in [1.807, 2.05) is 0 Å². The van der Waals surface area contributed by atoms with E-state index in [-0.39, 0.29) is 0 Å². The van der Waals surface area contributed by atoms with Crippen LogP contribution in [0.4, 0.5) is 0 Å². The Kier molecular flexibility index (Phi) is 16.6. The van der Waals surface area contributed by atoms with E-state index in [4.69, 9.17) is 0 Å². The van der Waals surface area contributed by atoms with Gasteiger partial charge in [-0.15, -0.1) is 0 Å². The minimum atomic E-state index is 1.38. The number of rotatable bonds is 13. The molecule has 0 unspecified atom stereocenters. The summed E-state index contributed by atoms with van der Waals surface area (Å²) in [6, 6.07) is 0. The fraction of sp³-hybridized carbons (Fsp3) is 1.00. The molecule has 0 aliphatic heterocycles. The molecule has 0 aromatic rings. The first-order chi connectivity index (χ1) is 7.91. The predicted molar refractivity (Wildman–Crippen MR) is 77.7 cm³/mol. The average molecular weight is 331 g/mol. The van der Waals surface area contributed by atoms with E-state index >= 15 is 0 Å². The van der Waals surface area contributed by atoms with Gasteiger partial charge in [0.05, 0.1) is 0 Å². The van der Waals surface area contributed by atoms with Crippen LogP contribution in [0.5, 0.6) is 0 Å². The van der Waals surface area contributed by atoms with E-state index in [0.717, 1.165) is 0 Å². The van der Waals surface area contributed by atoms with Crippen LogP contribution in [0.1, 0.15) is 90.4 Å². The molecule has 0 nitrogen and oxygen atoms in total. The second kappa shape index (κ2) is 15.8. The van der Waals surface area contributed by atoms with Gasteiger partial charge in [0.2, 0.25) is 0 Å². The molecule has 2 radical (unpaired) electrons. The van der Waals surface area contributed by atoms with Gasteiger partial charge in [0, 0.05) is 0 Å². The Bertz CT molecular complexity index is 98.0. The van der Waals surface area contributed by atoms with Crippen molar-refractivity contribution in [1.29, 1.82) is 0 Å². The molecule has 0 amide bonds. The molecule has 0 N–H and O–H groups in total. The van der Waals surface area contributed by atoms with Crippen molar-refractivity contribution in [2.45, 2.75) is 94.8 Å². The second-order valence-corrected chi connectivity index (χ2v) is 6.68. The summed E-state index contributed by atoms with van der Waals surface area (Å²) in [6.45, 7) is 2.29. The van der Waals surface area contributed by atoms with Crippen LogP contribution in [0.15, 0.2) is 0 Å². The topological polar surface area (TPSA) is 0 Å². The van der Waals surface area contributed by atoms with Crippen molar-refractivity contribution in [2.75, 3.05) is 0 Å². The van der Waals surface area contributed by atoms with Crippen molar-refractivity contribution in [3.63, 3.8) is 0 Å². The summed E-state index contributed by atoms with van der Waals surface area (Å²) in [5, 5.41) is 0. The summed E-state index contributed by atoms with van der Waals surface area (Å²) in [5.41, 5.74) is 0. The first-order valence-corrected chi connectivity index (χ1v) is 9.95. The Balaban J connectivity index is 2.83. The van der Waals surface area contributed by atoms with E-state index < -0.39 is 0 Å². The van der Waals surface area contributed by atoms with Crippen LogP contribution in [0.25, 0.3) is 0 Å². The molecule has 0 bridgehead atoms. The zero-order chi connectivity index (χ0) is 11.9. The summed E-state index contributed by atoms with van der Waals surface area (Å²) in [5.74, 6) is 0. The summed E-state index contributed by atoms with van der Waals surface area (Å²) >= 11 is 1.47. The fourth-order valence-electron chi connectivity index (χ4n) is 2.16. The van der Waals surface area contributed by atoms with E-state index in [0.29, 0.717) is 0 Å². The fourth-order valence-corrected chi connectivity index (χ4v) is 2.99. The monoisotopic (exact) mass is 332 g/mol.